The molecule has 0 atom stereocenters. The quantitative estimate of drug-likeness (QED) is 0.111. The SMILES string of the molecule is CN(c1cc(F)cc2cc(C(=O)NCCSC(c3ccccc3)(c3ccccc3)c3ccccc3)[nH]c12)S(=O)(=O)c1cccs1. The maximum atomic E-state index is 14.6. The molecule has 0 spiro atoms. The van der Waals surface area contributed by atoms with Crippen LogP contribution in [-0.4, -0.2) is 38.7 Å². The Morgan fingerprint density at radius 2 is 1.44 bits per heavy atom. The van der Waals surface area contributed by atoms with Crippen molar-refractivity contribution in [1.82, 2.24) is 10.3 Å². The van der Waals surface area contributed by atoms with Crippen LogP contribution >= 0.6 is 23.1 Å². The van der Waals surface area contributed by atoms with Gasteiger partial charge in [0.25, 0.3) is 15.9 Å². The van der Waals surface area contributed by atoms with Crippen LogP contribution in [-0.2, 0) is 14.8 Å². The highest BCUT2D eigenvalue weighted by atomic mass is 32.2. The maximum Gasteiger partial charge on any atom is 0.273 e. The number of rotatable bonds is 11. The van der Waals surface area contributed by atoms with Crippen LogP contribution < -0.4 is 9.62 Å². The summed E-state index contributed by atoms with van der Waals surface area (Å²) in [7, 11) is -2.53. The van der Waals surface area contributed by atoms with Gasteiger partial charge in [-0.2, -0.15) is 0 Å². The van der Waals surface area contributed by atoms with Gasteiger partial charge in [-0.05, 0) is 40.3 Å². The van der Waals surface area contributed by atoms with Crippen LogP contribution in [0.2, 0.25) is 0 Å². The summed E-state index contributed by atoms with van der Waals surface area (Å²) in [6.07, 6.45) is 0. The number of amides is 1. The molecule has 6 nitrogen and oxygen atoms in total. The Bertz CT molecular complexity index is 1920. The maximum absolute atomic E-state index is 14.6. The Morgan fingerprint density at radius 3 is 1.98 bits per heavy atom. The van der Waals surface area contributed by atoms with Crippen LogP contribution in [0.5, 0.6) is 0 Å². The topological polar surface area (TPSA) is 82.3 Å². The number of carbonyl (C=O) groups excluding carboxylic acids is 1. The summed E-state index contributed by atoms with van der Waals surface area (Å²) in [6.45, 7) is 0.362. The minimum absolute atomic E-state index is 0.117. The first-order valence-corrected chi connectivity index (χ1v) is 17.5. The van der Waals surface area contributed by atoms with E-state index in [1.165, 1.54) is 25.2 Å². The van der Waals surface area contributed by atoms with E-state index in [0.29, 0.717) is 23.2 Å². The number of thiophene rings is 1. The number of carbonyl (C=O) groups is 1. The average molecular weight is 656 g/mol. The summed E-state index contributed by atoms with van der Waals surface area (Å²) in [6, 6.07) is 38.1. The van der Waals surface area contributed by atoms with Gasteiger partial charge in [0.15, 0.2) is 0 Å². The van der Waals surface area contributed by atoms with Gasteiger partial charge in [-0.1, -0.05) is 97.1 Å². The second-order valence-electron chi connectivity index (χ2n) is 10.4. The second-order valence-corrected chi connectivity index (χ2v) is 14.8. The molecule has 4 aromatic carbocycles. The van der Waals surface area contributed by atoms with E-state index in [-0.39, 0.29) is 21.5 Å². The van der Waals surface area contributed by atoms with Gasteiger partial charge in [0.05, 0.1) is 16.0 Å². The molecule has 6 rings (SSSR count). The van der Waals surface area contributed by atoms with E-state index in [2.05, 4.69) is 46.7 Å². The molecule has 228 valence electrons. The zero-order chi connectivity index (χ0) is 31.4. The van der Waals surface area contributed by atoms with Crippen LogP contribution in [0, 0.1) is 5.82 Å². The Labute approximate surface area is 270 Å². The molecule has 0 aliphatic carbocycles. The number of aromatic amines is 1. The minimum atomic E-state index is -3.91. The third kappa shape index (κ3) is 6.01. The highest BCUT2D eigenvalue weighted by Gasteiger charge is 2.36. The summed E-state index contributed by atoms with van der Waals surface area (Å²) >= 11 is 2.81. The van der Waals surface area contributed by atoms with Crippen LogP contribution in [0.25, 0.3) is 10.9 Å². The molecule has 2 N–H and O–H groups in total. The van der Waals surface area contributed by atoms with E-state index in [0.717, 1.165) is 38.4 Å². The van der Waals surface area contributed by atoms with Gasteiger partial charge >= 0.3 is 0 Å². The first-order valence-electron chi connectivity index (χ1n) is 14.2. The molecule has 0 saturated carbocycles. The van der Waals surface area contributed by atoms with Gasteiger partial charge in [-0.3, -0.25) is 9.10 Å². The largest absolute Gasteiger partial charge is 0.350 e. The van der Waals surface area contributed by atoms with Gasteiger partial charge in [-0.25, -0.2) is 12.8 Å². The van der Waals surface area contributed by atoms with E-state index < -0.39 is 20.6 Å². The van der Waals surface area contributed by atoms with Crippen LogP contribution in [0.3, 0.4) is 0 Å². The van der Waals surface area contributed by atoms with Gasteiger partial charge < -0.3 is 10.3 Å². The normalized spacial score (nSPS) is 11.9. The lowest BCUT2D eigenvalue weighted by Crippen LogP contribution is -2.30. The lowest BCUT2D eigenvalue weighted by Gasteiger charge is -2.35. The Kier molecular flexibility index (Phi) is 8.80. The number of H-pyrrole nitrogens is 1. The van der Waals surface area contributed by atoms with Crippen molar-refractivity contribution in [3.05, 3.63) is 155 Å². The molecule has 0 unspecified atom stereocenters. The highest BCUT2D eigenvalue weighted by Crippen LogP contribution is 2.48. The van der Waals surface area contributed by atoms with Crippen molar-refractivity contribution in [3.8, 4) is 0 Å². The molecule has 0 aliphatic heterocycles. The molecule has 45 heavy (non-hydrogen) atoms. The van der Waals surface area contributed by atoms with E-state index >= 15 is 0 Å². The van der Waals surface area contributed by atoms with Crippen molar-refractivity contribution in [1.29, 1.82) is 0 Å². The zero-order valence-corrected chi connectivity index (χ0v) is 26.8. The number of anilines is 1. The molecular formula is C35H30FN3O3S3. The van der Waals surface area contributed by atoms with Crippen molar-refractivity contribution < 1.29 is 17.6 Å². The molecule has 6 aromatic rings. The van der Waals surface area contributed by atoms with E-state index in [9.17, 15) is 17.6 Å². The van der Waals surface area contributed by atoms with Crippen molar-refractivity contribution in [2.24, 2.45) is 0 Å². The van der Waals surface area contributed by atoms with Gasteiger partial charge in [0.2, 0.25) is 0 Å². The fourth-order valence-corrected chi connectivity index (χ4v) is 9.25. The molecule has 2 heterocycles. The number of fused-ring (bicyclic) bond motifs is 1. The second kappa shape index (κ2) is 12.9. The van der Waals surface area contributed by atoms with Crippen LogP contribution in [0.4, 0.5) is 10.1 Å². The molecule has 1 amide bonds. The molecule has 2 aromatic heterocycles. The smallest absolute Gasteiger partial charge is 0.273 e. The van der Waals surface area contributed by atoms with Gasteiger partial charge in [0.1, 0.15) is 15.7 Å². The van der Waals surface area contributed by atoms with Crippen LogP contribution in [0.1, 0.15) is 27.2 Å². The molecule has 0 bridgehead atoms. The van der Waals surface area contributed by atoms with Crippen molar-refractivity contribution >= 4 is 55.6 Å². The average Bonchev–Trinajstić information content (AvgIpc) is 3.77. The summed E-state index contributed by atoms with van der Waals surface area (Å²) in [5.74, 6) is -0.384. The fraction of sp³-hybridized carbons (Fsp3) is 0.114. The Morgan fingerprint density at radius 1 is 0.867 bits per heavy atom. The lowest BCUT2D eigenvalue weighted by atomic mass is 9.84. The van der Waals surface area contributed by atoms with Gasteiger partial charge in [0, 0.05) is 30.8 Å². The number of aromatic nitrogens is 1. The Balaban J connectivity index is 1.24. The third-order valence-electron chi connectivity index (χ3n) is 7.61. The predicted molar refractivity (Wildman–Crippen MR) is 182 cm³/mol. The number of benzene rings is 4. The van der Waals surface area contributed by atoms with Crippen molar-refractivity contribution in [2.75, 3.05) is 23.7 Å². The summed E-state index contributed by atoms with van der Waals surface area (Å²) in [5, 5.41) is 5.05. The molecule has 0 fully saturated rings. The molecule has 0 saturated heterocycles. The molecule has 10 heteroatoms. The summed E-state index contributed by atoms with van der Waals surface area (Å²) in [4.78, 5) is 16.4. The first-order chi connectivity index (χ1) is 21.8. The predicted octanol–water partition coefficient (Wildman–Crippen LogP) is 7.65. The number of thioether (sulfide) groups is 1. The number of sulfonamides is 1. The Hall–Kier alpha value is -4.38. The number of hydrogen-bond acceptors (Lipinski definition) is 5. The van der Waals surface area contributed by atoms with Gasteiger partial charge in [-0.15, -0.1) is 23.1 Å². The van der Waals surface area contributed by atoms with E-state index in [1.807, 2.05) is 54.6 Å². The molecular weight excluding hydrogens is 626 g/mol. The minimum Gasteiger partial charge on any atom is -0.350 e. The monoisotopic (exact) mass is 655 g/mol. The first kappa shape index (κ1) is 30.6. The summed E-state index contributed by atoms with van der Waals surface area (Å²) in [5.41, 5.74) is 4.08. The van der Waals surface area contributed by atoms with Crippen LogP contribution in [0.15, 0.2) is 131 Å². The molecule has 0 radical (unpaired) electrons. The number of halogens is 1. The third-order valence-corrected chi connectivity index (χ3v) is 12.3. The number of nitrogens with one attached hydrogen (secondary N) is 2. The molecule has 0 aliphatic rings. The highest BCUT2D eigenvalue weighted by molar-refractivity contribution is 8.00. The standard InChI is InChI=1S/C35H30FN3O3S3/c1-39(45(41,42)32-18-11-20-43-32)31-24-29(36)22-25-23-30(38-33(25)31)34(40)37-19-21-44-35(26-12-5-2-6-13-26,27-14-7-3-8-15-27)28-16-9-4-10-17-28/h2-18,20,22-24,38H,19,21H2,1H3,(H,37,40). The van der Waals surface area contributed by atoms with Crippen molar-refractivity contribution in [2.45, 2.75) is 8.96 Å². The van der Waals surface area contributed by atoms with E-state index in [1.54, 1.807) is 23.2 Å². The number of hydrogen-bond donors (Lipinski definition) is 2. The zero-order valence-electron chi connectivity index (χ0n) is 24.3. The lowest BCUT2D eigenvalue weighted by molar-refractivity contribution is 0.0952. The van der Waals surface area contributed by atoms with Crippen molar-refractivity contribution in [3.63, 3.8) is 0 Å². The van der Waals surface area contributed by atoms with E-state index in [4.69, 9.17) is 0 Å². The summed E-state index contributed by atoms with van der Waals surface area (Å²) < 4.78 is 41.6. The fourth-order valence-electron chi connectivity index (χ4n) is 5.47. The number of nitrogens with zero attached hydrogens (tertiary/aromatic N) is 1.